The van der Waals surface area contributed by atoms with Crippen molar-refractivity contribution in [1.29, 1.82) is 0 Å². The van der Waals surface area contributed by atoms with Gasteiger partial charge < -0.3 is 15.5 Å². The van der Waals surface area contributed by atoms with Crippen molar-refractivity contribution in [2.45, 2.75) is 18.9 Å². The highest BCUT2D eigenvalue weighted by Gasteiger charge is 2.56. The Bertz CT molecular complexity index is 1290. The smallest absolute Gasteiger partial charge is 0.240 e. The number of fused-ring (bicyclic) bond motifs is 2. The average molecular weight is 461 g/mol. The normalized spacial score (nSPS) is 16.9. The summed E-state index contributed by atoms with van der Waals surface area (Å²) >= 11 is 0. The summed E-state index contributed by atoms with van der Waals surface area (Å²) in [5.74, 6) is -1.48. The molecule has 2 heterocycles. The summed E-state index contributed by atoms with van der Waals surface area (Å²) in [7, 11) is 1.96. The number of carbonyl (C=O) groups is 1. The Morgan fingerprint density at radius 2 is 1.76 bits per heavy atom. The molecule has 1 amide bonds. The fourth-order valence-corrected chi connectivity index (χ4v) is 5.07. The Kier molecular flexibility index (Phi) is 5.44. The van der Waals surface area contributed by atoms with Crippen molar-refractivity contribution < 1.29 is 13.6 Å². The second-order valence-corrected chi connectivity index (χ2v) is 9.05. The third-order valence-electron chi connectivity index (χ3n) is 6.73. The fraction of sp³-hybridized carbons (Fsp3) is 0.259. The van der Waals surface area contributed by atoms with Crippen molar-refractivity contribution in [2.24, 2.45) is 4.99 Å². The van der Waals surface area contributed by atoms with Crippen molar-refractivity contribution in [3.05, 3.63) is 82.9 Å². The number of rotatable bonds is 5. The first kappa shape index (κ1) is 22.2. The van der Waals surface area contributed by atoms with Crippen molar-refractivity contribution >= 4 is 23.5 Å². The van der Waals surface area contributed by atoms with E-state index in [4.69, 9.17) is 5.73 Å². The van der Waals surface area contributed by atoms with E-state index in [1.807, 2.05) is 38.2 Å². The lowest BCUT2D eigenvalue weighted by Crippen LogP contribution is -2.62. The summed E-state index contributed by atoms with van der Waals surface area (Å²) in [5.41, 5.74) is 9.17. The minimum atomic E-state index is -0.687. The Morgan fingerprint density at radius 3 is 2.44 bits per heavy atom. The molecule has 0 bridgehead atoms. The maximum absolute atomic E-state index is 15.2. The van der Waals surface area contributed by atoms with E-state index in [1.54, 1.807) is 24.4 Å². The first-order valence-corrected chi connectivity index (χ1v) is 11.3. The number of nitrogen functional groups attached to an aromatic ring is 1. The van der Waals surface area contributed by atoms with Crippen molar-refractivity contribution in [3.63, 3.8) is 0 Å². The minimum Gasteiger partial charge on any atom is -0.398 e. The lowest BCUT2D eigenvalue weighted by atomic mass is 9.75. The number of para-hydroxylation sites is 1. The van der Waals surface area contributed by atoms with Gasteiger partial charge in [0.1, 0.15) is 17.0 Å². The summed E-state index contributed by atoms with van der Waals surface area (Å²) in [5, 5.41) is 0. The summed E-state index contributed by atoms with van der Waals surface area (Å²) in [6.07, 6.45) is 1.66. The van der Waals surface area contributed by atoms with E-state index in [9.17, 15) is 4.79 Å². The Balaban J connectivity index is 1.48. The molecular weight excluding hydrogens is 434 g/mol. The Hall–Kier alpha value is -3.58. The molecule has 0 atom stereocenters. The van der Waals surface area contributed by atoms with E-state index in [0.29, 0.717) is 42.0 Å². The molecular formula is C27H26F2N4O. The van der Waals surface area contributed by atoms with Crippen LogP contribution in [0.25, 0.3) is 11.1 Å². The van der Waals surface area contributed by atoms with Gasteiger partial charge >= 0.3 is 0 Å². The zero-order valence-corrected chi connectivity index (χ0v) is 19.2. The minimum absolute atomic E-state index is 0.104. The summed E-state index contributed by atoms with van der Waals surface area (Å²) < 4.78 is 30.5. The van der Waals surface area contributed by atoms with Crippen LogP contribution in [-0.4, -0.2) is 43.7 Å². The molecule has 174 valence electrons. The molecule has 2 aliphatic rings. The van der Waals surface area contributed by atoms with Gasteiger partial charge in [-0.3, -0.25) is 9.79 Å². The van der Waals surface area contributed by atoms with Crippen LogP contribution in [-0.2, 0) is 16.8 Å². The molecule has 5 nitrogen and oxygen atoms in total. The summed E-state index contributed by atoms with van der Waals surface area (Å²) in [6.45, 7) is 3.57. The molecule has 0 aliphatic carbocycles. The summed E-state index contributed by atoms with van der Waals surface area (Å²) in [6, 6.07) is 15.3. The molecule has 1 spiro atoms. The number of nitrogens with zero attached hydrogens (tertiary/aromatic N) is 3. The number of likely N-dealkylation sites (N-methyl/N-ethyl adjacent to an activating group) is 1. The molecule has 0 radical (unpaired) electrons. The third kappa shape index (κ3) is 3.47. The summed E-state index contributed by atoms with van der Waals surface area (Å²) in [4.78, 5) is 21.2. The lowest BCUT2D eigenvalue weighted by Gasteiger charge is -2.44. The van der Waals surface area contributed by atoms with Crippen LogP contribution in [0.15, 0.2) is 59.6 Å². The first-order chi connectivity index (χ1) is 16.3. The van der Waals surface area contributed by atoms with Crippen LogP contribution in [0.1, 0.15) is 23.6 Å². The van der Waals surface area contributed by atoms with Gasteiger partial charge in [0, 0.05) is 48.4 Å². The van der Waals surface area contributed by atoms with Crippen LogP contribution in [0.4, 0.5) is 20.2 Å². The van der Waals surface area contributed by atoms with E-state index in [0.717, 1.165) is 11.3 Å². The van der Waals surface area contributed by atoms with E-state index in [2.05, 4.69) is 9.89 Å². The highest BCUT2D eigenvalue weighted by atomic mass is 19.1. The average Bonchev–Trinajstić information content (AvgIpc) is 3.04. The quantitative estimate of drug-likeness (QED) is 0.454. The van der Waals surface area contributed by atoms with Gasteiger partial charge in [-0.1, -0.05) is 24.3 Å². The number of carbonyl (C=O) groups excluding carboxylic acids is 1. The van der Waals surface area contributed by atoms with E-state index in [-0.39, 0.29) is 18.0 Å². The molecule has 34 heavy (non-hydrogen) atoms. The first-order valence-electron chi connectivity index (χ1n) is 11.3. The standard InChI is InChI=1S/C27H26F2N4O/c1-3-31-13-19-10-17(8-9-24(19)30)18-11-22(28)20(23(29)12-18)14-33-25-7-5-4-6-21(25)27(26(33)34)15-32(2)16-27/h4-13H,3,14-16,30H2,1-2H3. The highest BCUT2D eigenvalue weighted by molar-refractivity contribution is 6.09. The molecule has 1 saturated heterocycles. The number of nitrogens with two attached hydrogens (primary N) is 1. The number of likely N-dealkylation sites (tertiary alicyclic amines) is 1. The molecule has 1 fully saturated rings. The molecule has 2 aliphatic heterocycles. The van der Waals surface area contributed by atoms with Gasteiger partial charge in [-0.25, -0.2) is 8.78 Å². The van der Waals surface area contributed by atoms with Gasteiger partial charge in [0.05, 0.1) is 6.54 Å². The highest BCUT2D eigenvalue weighted by Crippen LogP contribution is 2.47. The van der Waals surface area contributed by atoms with Crippen LogP contribution in [0.2, 0.25) is 0 Å². The molecule has 2 N–H and O–H groups in total. The molecule has 3 aromatic carbocycles. The SMILES string of the molecule is CCN=Cc1cc(-c2cc(F)c(CN3C(=O)C4(CN(C)C4)c4ccccc43)c(F)c2)ccc1N. The monoisotopic (exact) mass is 460 g/mol. The molecule has 0 saturated carbocycles. The number of amides is 1. The molecule has 0 unspecified atom stereocenters. The predicted molar refractivity (Wildman–Crippen MR) is 131 cm³/mol. The van der Waals surface area contributed by atoms with Crippen LogP contribution in [0.3, 0.4) is 0 Å². The van der Waals surface area contributed by atoms with Crippen LogP contribution >= 0.6 is 0 Å². The zero-order valence-electron chi connectivity index (χ0n) is 19.2. The Morgan fingerprint density at radius 1 is 1.06 bits per heavy atom. The van der Waals surface area contributed by atoms with Gasteiger partial charge in [0.15, 0.2) is 0 Å². The van der Waals surface area contributed by atoms with Gasteiger partial charge in [-0.05, 0) is 61.0 Å². The van der Waals surface area contributed by atoms with Crippen LogP contribution in [0, 0.1) is 11.6 Å². The van der Waals surface area contributed by atoms with E-state index >= 15 is 8.78 Å². The topological polar surface area (TPSA) is 61.9 Å². The van der Waals surface area contributed by atoms with Crippen LogP contribution < -0.4 is 10.6 Å². The maximum atomic E-state index is 15.2. The van der Waals surface area contributed by atoms with Gasteiger partial charge in [0.25, 0.3) is 0 Å². The molecule has 0 aromatic heterocycles. The van der Waals surface area contributed by atoms with Crippen molar-refractivity contribution in [2.75, 3.05) is 37.3 Å². The Labute approximate surface area is 197 Å². The van der Waals surface area contributed by atoms with E-state index < -0.39 is 17.0 Å². The second-order valence-electron chi connectivity index (χ2n) is 9.05. The predicted octanol–water partition coefficient (Wildman–Crippen LogP) is 4.38. The van der Waals surface area contributed by atoms with Crippen LogP contribution in [0.5, 0.6) is 0 Å². The second kappa shape index (κ2) is 8.33. The van der Waals surface area contributed by atoms with Crippen molar-refractivity contribution in [3.8, 4) is 11.1 Å². The van der Waals surface area contributed by atoms with Gasteiger partial charge in [-0.15, -0.1) is 0 Å². The van der Waals surface area contributed by atoms with E-state index in [1.165, 1.54) is 17.0 Å². The number of benzene rings is 3. The lowest BCUT2D eigenvalue weighted by molar-refractivity contribution is -0.128. The van der Waals surface area contributed by atoms with Crippen molar-refractivity contribution in [1.82, 2.24) is 4.90 Å². The zero-order chi connectivity index (χ0) is 24.0. The number of hydrogen-bond donors (Lipinski definition) is 1. The fourth-order valence-electron chi connectivity index (χ4n) is 5.07. The number of halogens is 2. The largest absolute Gasteiger partial charge is 0.398 e. The van der Waals surface area contributed by atoms with Gasteiger partial charge in [-0.2, -0.15) is 0 Å². The maximum Gasteiger partial charge on any atom is 0.240 e. The number of anilines is 2. The molecule has 5 rings (SSSR count). The third-order valence-corrected chi connectivity index (χ3v) is 6.73. The number of hydrogen-bond acceptors (Lipinski definition) is 4. The number of aliphatic imine (C=N–C) groups is 1. The van der Waals surface area contributed by atoms with Gasteiger partial charge in [0.2, 0.25) is 5.91 Å². The molecule has 3 aromatic rings. The molecule has 7 heteroatoms.